The van der Waals surface area contributed by atoms with E-state index in [0.29, 0.717) is 5.82 Å². The normalized spacial score (nSPS) is 14.4. The second-order valence-electron chi connectivity index (χ2n) is 6.13. The van der Waals surface area contributed by atoms with E-state index in [2.05, 4.69) is 65.2 Å². The lowest BCUT2D eigenvalue weighted by molar-refractivity contribution is 0.660. The number of hydrogen-bond donors (Lipinski definition) is 0. The van der Waals surface area contributed by atoms with E-state index in [1.165, 1.54) is 22.3 Å². The van der Waals surface area contributed by atoms with E-state index in [0.717, 1.165) is 5.56 Å². The highest BCUT2D eigenvalue weighted by atomic mass is 35.5. The van der Waals surface area contributed by atoms with Gasteiger partial charge in [0.15, 0.2) is 5.82 Å². The molecule has 3 aromatic rings. The van der Waals surface area contributed by atoms with Gasteiger partial charge in [-0.1, -0.05) is 50.2 Å². The Balaban J connectivity index is 1.94. The number of nitrogens with zero attached hydrogens (tertiary/aromatic N) is 3. The summed E-state index contributed by atoms with van der Waals surface area (Å²) in [5.41, 5.74) is 5.95. The van der Waals surface area contributed by atoms with Gasteiger partial charge in [0, 0.05) is 11.0 Å². The van der Waals surface area contributed by atoms with E-state index >= 15 is 0 Å². The molecule has 0 amide bonds. The lowest BCUT2D eigenvalue weighted by Gasteiger charge is -2.21. The van der Waals surface area contributed by atoms with Crippen LogP contribution < -0.4 is 0 Å². The Morgan fingerprint density at radius 3 is 2.17 bits per heavy atom. The van der Waals surface area contributed by atoms with Gasteiger partial charge in [-0.2, -0.15) is 15.0 Å². The molecule has 1 heterocycles. The third-order valence-corrected chi connectivity index (χ3v) is 4.76. The van der Waals surface area contributed by atoms with Crippen LogP contribution in [0, 0.1) is 0 Å². The smallest absolute Gasteiger partial charge is 0.198 e. The molecule has 3 nitrogen and oxygen atoms in total. The van der Waals surface area contributed by atoms with Crippen molar-refractivity contribution in [1.82, 2.24) is 15.0 Å². The summed E-state index contributed by atoms with van der Waals surface area (Å²) in [6.07, 6.45) is 0. The molecule has 0 radical (unpaired) electrons. The van der Waals surface area contributed by atoms with Crippen LogP contribution in [0.3, 0.4) is 0 Å². The Hall–Kier alpha value is -1.97. The minimum absolute atomic E-state index is 0.0150. The summed E-state index contributed by atoms with van der Waals surface area (Å²) in [6.45, 7) is 4.49. The lowest BCUT2D eigenvalue weighted by Crippen LogP contribution is -2.14. The van der Waals surface area contributed by atoms with Gasteiger partial charge in [0.2, 0.25) is 10.6 Å². The van der Waals surface area contributed by atoms with Gasteiger partial charge in [0.1, 0.15) is 0 Å². The third-order valence-electron chi connectivity index (χ3n) is 4.42. The Morgan fingerprint density at radius 1 is 0.783 bits per heavy atom. The van der Waals surface area contributed by atoms with Gasteiger partial charge in [0.25, 0.3) is 0 Å². The second kappa shape index (κ2) is 5.02. The van der Waals surface area contributed by atoms with Gasteiger partial charge in [-0.15, -0.1) is 0 Å². The third kappa shape index (κ3) is 2.23. The first kappa shape index (κ1) is 14.6. The van der Waals surface area contributed by atoms with Crippen LogP contribution in [0.2, 0.25) is 10.6 Å². The van der Waals surface area contributed by atoms with Crippen LogP contribution in [0.5, 0.6) is 0 Å². The number of fused-ring (bicyclic) bond motifs is 3. The van der Waals surface area contributed by atoms with E-state index in [9.17, 15) is 0 Å². The molecule has 0 spiro atoms. The summed E-state index contributed by atoms with van der Waals surface area (Å²) in [6, 6.07) is 14.7. The van der Waals surface area contributed by atoms with E-state index in [1.807, 2.05) is 6.07 Å². The highest BCUT2D eigenvalue weighted by molar-refractivity contribution is 6.31. The van der Waals surface area contributed by atoms with Crippen molar-refractivity contribution in [3.8, 4) is 22.5 Å². The van der Waals surface area contributed by atoms with Crippen molar-refractivity contribution in [2.24, 2.45) is 0 Å². The van der Waals surface area contributed by atoms with Crippen LogP contribution in [0.1, 0.15) is 25.0 Å². The van der Waals surface area contributed by atoms with E-state index < -0.39 is 0 Å². The van der Waals surface area contributed by atoms with Gasteiger partial charge >= 0.3 is 0 Å². The zero-order valence-corrected chi connectivity index (χ0v) is 14.2. The molecule has 1 aliphatic carbocycles. The number of benzene rings is 2. The summed E-state index contributed by atoms with van der Waals surface area (Å²) in [5.74, 6) is 0.486. The minimum atomic E-state index is -0.0150. The van der Waals surface area contributed by atoms with Crippen LogP contribution in [-0.4, -0.2) is 15.0 Å². The van der Waals surface area contributed by atoms with E-state index in [-0.39, 0.29) is 16.0 Å². The molecule has 4 rings (SSSR count). The molecule has 0 saturated carbocycles. The van der Waals surface area contributed by atoms with Crippen LogP contribution in [-0.2, 0) is 5.41 Å². The predicted molar refractivity (Wildman–Crippen MR) is 92.8 cm³/mol. The van der Waals surface area contributed by atoms with Gasteiger partial charge < -0.3 is 0 Å². The first-order valence-corrected chi connectivity index (χ1v) is 8.04. The fourth-order valence-electron chi connectivity index (χ4n) is 3.31. The molecule has 0 unspecified atom stereocenters. The zero-order valence-electron chi connectivity index (χ0n) is 12.6. The van der Waals surface area contributed by atoms with Crippen LogP contribution in [0.25, 0.3) is 22.5 Å². The largest absolute Gasteiger partial charge is 0.227 e. The first-order valence-electron chi connectivity index (χ1n) is 7.28. The molecule has 114 valence electrons. The molecule has 0 bridgehead atoms. The fourth-order valence-corrected chi connectivity index (χ4v) is 3.68. The maximum atomic E-state index is 5.90. The quantitative estimate of drug-likeness (QED) is 0.614. The standard InChI is InChI=1S/C18H13Cl2N3/c1-18(2)13-6-4-3-5-11(13)12-9-10(7-8-14(12)18)15-21-16(19)23-17(20)22-15/h3-9H,1-2H3. The topological polar surface area (TPSA) is 38.7 Å². The van der Waals surface area contributed by atoms with Crippen LogP contribution in [0.15, 0.2) is 42.5 Å². The lowest BCUT2D eigenvalue weighted by atomic mass is 9.82. The van der Waals surface area contributed by atoms with Crippen molar-refractivity contribution in [3.63, 3.8) is 0 Å². The molecule has 1 aromatic heterocycles. The average molecular weight is 342 g/mol. The average Bonchev–Trinajstić information content (AvgIpc) is 2.75. The molecule has 0 atom stereocenters. The zero-order chi connectivity index (χ0) is 16.2. The number of halogens is 2. The van der Waals surface area contributed by atoms with Crippen molar-refractivity contribution < 1.29 is 0 Å². The predicted octanol–water partition coefficient (Wildman–Crippen LogP) is 5.15. The van der Waals surface area contributed by atoms with Gasteiger partial charge in [-0.05, 0) is 51.5 Å². The SMILES string of the molecule is CC1(C)c2ccccc2-c2cc(-c3nc(Cl)nc(Cl)n3)ccc21. The van der Waals surface area contributed by atoms with Gasteiger partial charge in [-0.3, -0.25) is 0 Å². The molecule has 0 fully saturated rings. The van der Waals surface area contributed by atoms with Crippen molar-refractivity contribution >= 4 is 23.2 Å². The summed E-state index contributed by atoms with van der Waals surface area (Å²) in [5, 5.41) is 0.197. The Bertz CT molecular complexity index is 915. The highest BCUT2D eigenvalue weighted by Crippen LogP contribution is 2.49. The monoisotopic (exact) mass is 341 g/mol. The molecule has 5 heteroatoms. The maximum absolute atomic E-state index is 5.90. The maximum Gasteiger partial charge on any atom is 0.227 e. The van der Waals surface area contributed by atoms with Crippen molar-refractivity contribution in [3.05, 3.63) is 64.2 Å². The Morgan fingerprint density at radius 2 is 1.43 bits per heavy atom. The molecular weight excluding hydrogens is 329 g/mol. The molecule has 0 aliphatic heterocycles. The van der Waals surface area contributed by atoms with Crippen LogP contribution >= 0.6 is 23.2 Å². The van der Waals surface area contributed by atoms with Crippen molar-refractivity contribution in [2.45, 2.75) is 19.3 Å². The summed E-state index contributed by atoms with van der Waals surface area (Å²) in [4.78, 5) is 12.2. The molecular formula is C18H13Cl2N3. The minimum Gasteiger partial charge on any atom is -0.198 e. The van der Waals surface area contributed by atoms with Gasteiger partial charge in [-0.25, -0.2) is 0 Å². The highest BCUT2D eigenvalue weighted by Gasteiger charge is 2.35. The Kier molecular flexibility index (Phi) is 3.19. The molecule has 23 heavy (non-hydrogen) atoms. The summed E-state index contributed by atoms with van der Waals surface area (Å²) >= 11 is 11.8. The second-order valence-corrected chi connectivity index (χ2v) is 6.80. The first-order chi connectivity index (χ1) is 11.0. The number of rotatable bonds is 1. The van der Waals surface area contributed by atoms with Crippen LogP contribution in [0.4, 0.5) is 0 Å². The van der Waals surface area contributed by atoms with E-state index in [1.54, 1.807) is 0 Å². The Labute approximate surface area is 144 Å². The number of aromatic nitrogens is 3. The molecule has 1 aliphatic rings. The molecule has 0 saturated heterocycles. The van der Waals surface area contributed by atoms with E-state index in [4.69, 9.17) is 23.2 Å². The number of hydrogen-bond acceptors (Lipinski definition) is 3. The summed E-state index contributed by atoms with van der Waals surface area (Å²) in [7, 11) is 0. The molecule has 2 aromatic carbocycles. The van der Waals surface area contributed by atoms with Crippen molar-refractivity contribution in [1.29, 1.82) is 0 Å². The summed E-state index contributed by atoms with van der Waals surface area (Å²) < 4.78 is 0. The van der Waals surface area contributed by atoms with Gasteiger partial charge in [0.05, 0.1) is 0 Å². The molecule has 0 N–H and O–H groups in total. The fraction of sp³-hybridized carbons (Fsp3) is 0.167. The van der Waals surface area contributed by atoms with Crippen molar-refractivity contribution in [2.75, 3.05) is 0 Å².